The van der Waals surface area contributed by atoms with Gasteiger partial charge in [-0.15, -0.1) is 0 Å². The highest BCUT2D eigenvalue weighted by Gasteiger charge is 2.44. The molecule has 2 bridgehead atoms. The molecule has 3 unspecified atom stereocenters. The van der Waals surface area contributed by atoms with Crippen molar-refractivity contribution >= 4 is 11.8 Å². The molecular weight excluding hydrogens is 302 g/mol. The lowest BCUT2D eigenvalue weighted by atomic mass is 9.81. The Balaban J connectivity index is 1.48. The van der Waals surface area contributed by atoms with Crippen LogP contribution in [-0.4, -0.2) is 46.8 Å². The van der Waals surface area contributed by atoms with Gasteiger partial charge in [0.15, 0.2) is 0 Å². The lowest BCUT2D eigenvalue weighted by Gasteiger charge is -2.34. The van der Waals surface area contributed by atoms with Gasteiger partial charge in [-0.05, 0) is 42.4 Å². The first-order valence-electron chi connectivity index (χ1n) is 8.95. The van der Waals surface area contributed by atoms with E-state index < -0.39 is 0 Å². The van der Waals surface area contributed by atoms with Gasteiger partial charge in [-0.1, -0.05) is 18.2 Å². The molecule has 1 aliphatic carbocycles. The molecule has 1 aromatic carbocycles. The number of likely N-dealkylation sites (tertiary alicyclic amines) is 2. The standard InChI is InChI=1S/C19H25N3O2/c1-12(23)22-11-15-8-16(22)10-21(15)9-13-5-6-17-14(7-13)3-2-4-18(17)19(20)24/h5-7,15-16,18H,2-4,8-11H2,1H3,(H2,20,24). The van der Waals surface area contributed by atoms with E-state index in [9.17, 15) is 9.59 Å². The molecule has 1 aromatic rings. The molecule has 5 nitrogen and oxygen atoms in total. The number of primary amides is 1. The van der Waals surface area contributed by atoms with E-state index >= 15 is 0 Å². The minimum Gasteiger partial charge on any atom is -0.369 e. The molecule has 3 aliphatic rings. The highest BCUT2D eigenvalue weighted by molar-refractivity contribution is 5.82. The highest BCUT2D eigenvalue weighted by atomic mass is 16.2. The van der Waals surface area contributed by atoms with Gasteiger partial charge in [0.2, 0.25) is 11.8 Å². The third kappa shape index (κ3) is 2.61. The van der Waals surface area contributed by atoms with E-state index in [0.717, 1.165) is 50.9 Å². The van der Waals surface area contributed by atoms with Gasteiger partial charge in [0.25, 0.3) is 0 Å². The second kappa shape index (κ2) is 5.88. The van der Waals surface area contributed by atoms with E-state index in [1.54, 1.807) is 6.92 Å². The van der Waals surface area contributed by atoms with Crippen molar-refractivity contribution < 1.29 is 9.59 Å². The van der Waals surface area contributed by atoms with E-state index in [1.165, 1.54) is 11.1 Å². The van der Waals surface area contributed by atoms with Crippen LogP contribution in [0, 0.1) is 0 Å². The Morgan fingerprint density at radius 2 is 2.08 bits per heavy atom. The predicted molar refractivity (Wildman–Crippen MR) is 91.3 cm³/mol. The van der Waals surface area contributed by atoms with Crippen LogP contribution < -0.4 is 5.73 Å². The Hall–Kier alpha value is -1.88. The number of carbonyl (C=O) groups is 2. The van der Waals surface area contributed by atoms with Gasteiger partial charge in [-0.25, -0.2) is 0 Å². The third-order valence-corrected chi connectivity index (χ3v) is 6.01. The van der Waals surface area contributed by atoms with Crippen LogP contribution >= 0.6 is 0 Å². The minimum absolute atomic E-state index is 0.116. The van der Waals surface area contributed by atoms with Crippen LogP contribution in [0.5, 0.6) is 0 Å². The normalized spacial score (nSPS) is 28.9. The number of hydrogen-bond donors (Lipinski definition) is 1. The molecule has 2 fully saturated rings. The van der Waals surface area contributed by atoms with Gasteiger partial charge in [0.1, 0.15) is 0 Å². The summed E-state index contributed by atoms with van der Waals surface area (Å²) in [5.74, 6) is -0.118. The summed E-state index contributed by atoms with van der Waals surface area (Å²) in [6.07, 6.45) is 4.05. The summed E-state index contributed by atoms with van der Waals surface area (Å²) in [5, 5.41) is 0. The van der Waals surface area contributed by atoms with Crippen molar-refractivity contribution in [3.8, 4) is 0 Å². The SMILES string of the molecule is CC(=O)N1CC2CC1CN2Cc1ccc2c(c1)CCCC2C(N)=O. The Labute approximate surface area is 142 Å². The monoisotopic (exact) mass is 327 g/mol. The van der Waals surface area contributed by atoms with Crippen LogP contribution in [0.4, 0.5) is 0 Å². The number of rotatable bonds is 3. The maximum absolute atomic E-state index is 11.6. The zero-order valence-corrected chi connectivity index (χ0v) is 14.2. The number of carbonyl (C=O) groups excluding carboxylic acids is 2. The van der Waals surface area contributed by atoms with Crippen LogP contribution in [0.25, 0.3) is 0 Å². The highest BCUT2D eigenvalue weighted by Crippen LogP contribution is 2.34. The summed E-state index contributed by atoms with van der Waals surface area (Å²) >= 11 is 0. The number of fused-ring (bicyclic) bond motifs is 3. The molecule has 2 heterocycles. The van der Waals surface area contributed by atoms with E-state index in [1.807, 2.05) is 4.90 Å². The molecule has 2 saturated heterocycles. The lowest BCUT2D eigenvalue weighted by molar-refractivity contribution is -0.131. The first-order valence-corrected chi connectivity index (χ1v) is 8.95. The van der Waals surface area contributed by atoms with E-state index in [0.29, 0.717) is 12.1 Å². The van der Waals surface area contributed by atoms with Crippen molar-refractivity contribution in [3.63, 3.8) is 0 Å². The maximum atomic E-state index is 11.6. The quantitative estimate of drug-likeness (QED) is 0.912. The lowest BCUT2D eigenvalue weighted by Crippen LogP contribution is -2.47. The number of nitrogens with zero attached hydrogens (tertiary/aromatic N) is 2. The maximum Gasteiger partial charge on any atom is 0.224 e. The predicted octanol–water partition coefficient (Wildman–Crippen LogP) is 1.40. The summed E-state index contributed by atoms with van der Waals surface area (Å²) in [6, 6.07) is 7.40. The van der Waals surface area contributed by atoms with Crippen molar-refractivity contribution in [2.24, 2.45) is 5.73 Å². The molecule has 0 saturated carbocycles. The Bertz CT molecular complexity index is 687. The topological polar surface area (TPSA) is 66.6 Å². The molecule has 0 spiro atoms. The number of hydrogen-bond acceptors (Lipinski definition) is 3. The van der Waals surface area contributed by atoms with E-state index in [4.69, 9.17) is 5.73 Å². The molecule has 128 valence electrons. The van der Waals surface area contributed by atoms with Crippen molar-refractivity contribution in [2.75, 3.05) is 13.1 Å². The summed E-state index contributed by atoms with van der Waals surface area (Å²) in [5.41, 5.74) is 9.27. The second-order valence-electron chi connectivity index (χ2n) is 7.52. The second-order valence-corrected chi connectivity index (χ2v) is 7.52. The zero-order valence-electron chi connectivity index (χ0n) is 14.2. The molecule has 24 heavy (non-hydrogen) atoms. The van der Waals surface area contributed by atoms with Gasteiger partial charge in [0.05, 0.1) is 5.92 Å². The minimum atomic E-state index is -0.204. The molecule has 2 N–H and O–H groups in total. The summed E-state index contributed by atoms with van der Waals surface area (Å²) in [6.45, 7) is 4.45. The van der Waals surface area contributed by atoms with Crippen molar-refractivity contribution in [1.29, 1.82) is 0 Å². The molecule has 0 radical (unpaired) electrons. The number of benzene rings is 1. The van der Waals surface area contributed by atoms with Crippen LogP contribution in [0.2, 0.25) is 0 Å². The van der Waals surface area contributed by atoms with Gasteiger partial charge >= 0.3 is 0 Å². The van der Waals surface area contributed by atoms with Gasteiger partial charge in [-0.2, -0.15) is 0 Å². The fourth-order valence-electron chi connectivity index (χ4n) is 4.82. The Morgan fingerprint density at radius 1 is 1.25 bits per heavy atom. The van der Waals surface area contributed by atoms with Crippen LogP contribution in [0.1, 0.15) is 48.8 Å². The summed E-state index contributed by atoms with van der Waals surface area (Å²) in [4.78, 5) is 27.8. The van der Waals surface area contributed by atoms with Gasteiger partial charge in [0, 0.05) is 38.6 Å². The van der Waals surface area contributed by atoms with Crippen LogP contribution in [0.15, 0.2) is 18.2 Å². The summed E-state index contributed by atoms with van der Waals surface area (Å²) in [7, 11) is 0. The van der Waals surface area contributed by atoms with Crippen molar-refractivity contribution in [1.82, 2.24) is 9.80 Å². The molecule has 3 atom stereocenters. The largest absolute Gasteiger partial charge is 0.369 e. The fourth-order valence-corrected chi connectivity index (χ4v) is 4.82. The molecule has 2 amide bonds. The van der Waals surface area contributed by atoms with Gasteiger partial charge < -0.3 is 10.6 Å². The van der Waals surface area contributed by atoms with Gasteiger partial charge in [-0.3, -0.25) is 14.5 Å². The molecule has 2 aliphatic heterocycles. The average Bonchev–Trinajstić information content (AvgIpc) is 3.14. The molecule has 5 heteroatoms. The third-order valence-electron chi connectivity index (χ3n) is 6.01. The number of nitrogens with two attached hydrogens (primary N) is 1. The van der Waals surface area contributed by atoms with Crippen LogP contribution in [0.3, 0.4) is 0 Å². The van der Waals surface area contributed by atoms with E-state index in [-0.39, 0.29) is 17.7 Å². The summed E-state index contributed by atoms with van der Waals surface area (Å²) < 4.78 is 0. The molecular formula is C19H25N3O2. The van der Waals surface area contributed by atoms with Crippen molar-refractivity contribution in [3.05, 3.63) is 34.9 Å². The van der Waals surface area contributed by atoms with Crippen LogP contribution in [-0.2, 0) is 22.6 Å². The number of aryl methyl sites for hydroxylation is 1. The molecule has 0 aromatic heterocycles. The smallest absolute Gasteiger partial charge is 0.224 e. The first kappa shape index (κ1) is 15.6. The first-order chi connectivity index (χ1) is 11.5. The number of piperazine rings is 1. The zero-order chi connectivity index (χ0) is 16.8. The average molecular weight is 327 g/mol. The van der Waals surface area contributed by atoms with E-state index in [2.05, 4.69) is 23.1 Å². The molecule has 4 rings (SSSR count). The fraction of sp³-hybridized carbons (Fsp3) is 0.579. The Morgan fingerprint density at radius 3 is 2.75 bits per heavy atom. The number of amides is 2. The Kier molecular flexibility index (Phi) is 3.83. The van der Waals surface area contributed by atoms with Crippen molar-refractivity contribution in [2.45, 2.75) is 57.2 Å².